The van der Waals surface area contributed by atoms with Crippen molar-refractivity contribution in [3.05, 3.63) is 88.9 Å². The lowest BCUT2D eigenvalue weighted by Crippen LogP contribution is -2.37. The van der Waals surface area contributed by atoms with Crippen LogP contribution in [0.2, 0.25) is 0 Å². The van der Waals surface area contributed by atoms with Crippen molar-refractivity contribution in [1.82, 2.24) is 14.5 Å². The van der Waals surface area contributed by atoms with Gasteiger partial charge in [0.15, 0.2) is 5.82 Å². The van der Waals surface area contributed by atoms with Gasteiger partial charge in [-0.3, -0.25) is 0 Å². The summed E-state index contributed by atoms with van der Waals surface area (Å²) in [6.45, 7) is 9.22. The minimum atomic E-state index is -0.718. The number of benzene rings is 2. The van der Waals surface area contributed by atoms with Gasteiger partial charge in [0.1, 0.15) is 17.9 Å². The first-order chi connectivity index (χ1) is 18.5. The Labute approximate surface area is 226 Å². The molecule has 0 bridgehead atoms. The van der Waals surface area contributed by atoms with E-state index in [0.29, 0.717) is 19.8 Å². The molecule has 6 nitrogen and oxygen atoms in total. The minimum Gasteiger partial charge on any atom is -0.388 e. The number of hydrogen-bond acceptors (Lipinski definition) is 5. The van der Waals surface area contributed by atoms with Crippen molar-refractivity contribution in [3.8, 4) is 0 Å². The van der Waals surface area contributed by atoms with Crippen LogP contribution in [0.15, 0.2) is 60.7 Å². The molecule has 1 aliphatic carbocycles. The second-order valence-electron chi connectivity index (χ2n) is 10.7. The second-order valence-corrected chi connectivity index (χ2v) is 10.7. The zero-order chi connectivity index (χ0) is 26.5. The maximum atomic E-state index is 11.6. The quantitative estimate of drug-likeness (QED) is 0.263. The van der Waals surface area contributed by atoms with Gasteiger partial charge in [-0.2, -0.15) is 0 Å². The molecule has 5 rings (SSSR count). The molecule has 0 amide bonds. The number of hydrogen-bond donors (Lipinski definition) is 1. The second kappa shape index (κ2) is 11.7. The van der Waals surface area contributed by atoms with Crippen molar-refractivity contribution in [3.63, 3.8) is 0 Å². The van der Waals surface area contributed by atoms with Crippen molar-refractivity contribution in [2.24, 2.45) is 0 Å². The molecule has 0 atom stereocenters. The summed E-state index contributed by atoms with van der Waals surface area (Å²) in [7, 11) is 0. The van der Waals surface area contributed by atoms with Crippen molar-refractivity contribution in [2.75, 3.05) is 11.5 Å². The Balaban J connectivity index is 1.65. The van der Waals surface area contributed by atoms with Crippen LogP contribution >= 0.6 is 0 Å². The topological polar surface area (TPSA) is 63.4 Å². The van der Waals surface area contributed by atoms with E-state index in [4.69, 9.17) is 14.7 Å². The smallest absolute Gasteiger partial charge is 0.157 e. The predicted octanol–water partition coefficient (Wildman–Crippen LogP) is 6.49. The molecule has 4 aromatic rings. The highest BCUT2D eigenvalue weighted by Crippen LogP contribution is 2.35. The lowest BCUT2D eigenvalue weighted by Gasteiger charge is -2.33. The van der Waals surface area contributed by atoms with Crippen LogP contribution in [0.4, 0.5) is 5.82 Å². The number of aryl methyl sites for hydroxylation is 2. The fourth-order valence-electron chi connectivity index (χ4n) is 5.67. The maximum absolute atomic E-state index is 11.6. The Hall–Kier alpha value is -3.22. The summed E-state index contributed by atoms with van der Waals surface area (Å²) in [5.41, 5.74) is 5.77. The maximum Gasteiger partial charge on any atom is 0.157 e. The van der Waals surface area contributed by atoms with Crippen LogP contribution in [-0.2, 0) is 31.0 Å². The van der Waals surface area contributed by atoms with Gasteiger partial charge in [-0.25, -0.2) is 9.97 Å². The molecular weight excluding hydrogens is 472 g/mol. The molecule has 0 spiro atoms. The number of fused-ring (bicyclic) bond motifs is 1. The molecule has 2 aromatic carbocycles. The average molecular weight is 513 g/mol. The molecule has 0 saturated heterocycles. The van der Waals surface area contributed by atoms with Crippen LogP contribution < -0.4 is 4.90 Å². The number of aromatic nitrogens is 3. The number of pyridine rings is 1. The van der Waals surface area contributed by atoms with E-state index in [0.717, 1.165) is 72.7 Å². The molecule has 38 heavy (non-hydrogen) atoms. The van der Waals surface area contributed by atoms with Crippen LogP contribution in [0.25, 0.3) is 11.0 Å². The zero-order valence-corrected chi connectivity index (χ0v) is 23.0. The highest BCUT2D eigenvalue weighted by atomic mass is 16.5. The van der Waals surface area contributed by atoms with Crippen molar-refractivity contribution >= 4 is 16.9 Å². The molecule has 0 radical (unpaired) electrons. The molecule has 0 aliphatic heterocycles. The Morgan fingerprint density at radius 1 is 0.895 bits per heavy atom. The monoisotopic (exact) mass is 512 g/mol. The molecule has 1 N–H and O–H groups in total. The number of imidazole rings is 1. The largest absolute Gasteiger partial charge is 0.388 e. The summed E-state index contributed by atoms with van der Waals surface area (Å²) in [5, 5.41) is 11.6. The number of aliphatic hydroxyl groups is 1. The first-order valence-corrected chi connectivity index (χ1v) is 14.0. The van der Waals surface area contributed by atoms with Gasteiger partial charge in [-0.1, -0.05) is 79.9 Å². The Kier molecular flexibility index (Phi) is 8.10. The van der Waals surface area contributed by atoms with Crippen molar-refractivity contribution in [1.29, 1.82) is 0 Å². The van der Waals surface area contributed by atoms with E-state index in [-0.39, 0.29) is 0 Å². The average Bonchev–Trinajstić information content (AvgIpc) is 3.28. The van der Waals surface area contributed by atoms with E-state index in [1.165, 1.54) is 17.5 Å². The third kappa shape index (κ3) is 5.77. The Morgan fingerprint density at radius 2 is 1.50 bits per heavy atom. The van der Waals surface area contributed by atoms with E-state index < -0.39 is 5.60 Å². The molecule has 1 fully saturated rings. The van der Waals surface area contributed by atoms with Gasteiger partial charge in [-0.15, -0.1) is 0 Å². The van der Waals surface area contributed by atoms with E-state index >= 15 is 0 Å². The fraction of sp³-hybridized carbons (Fsp3) is 0.438. The summed E-state index contributed by atoms with van der Waals surface area (Å²) in [6, 6.07) is 21.1. The molecule has 1 saturated carbocycles. The SMILES string of the molecule is CCOCc1nc2c(N(Cc3ccccc3)Cc3ccccc3)nc(C)c(C)c2n1CC1(O)CCCCC1. The van der Waals surface area contributed by atoms with Gasteiger partial charge in [0.05, 0.1) is 17.7 Å². The summed E-state index contributed by atoms with van der Waals surface area (Å²) in [5.74, 6) is 1.74. The van der Waals surface area contributed by atoms with Crippen LogP contribution in [0, 0.1) is 13.8 Å². The minimum absolute atomic E-state index is 0.413. The molecule has 2 aromatic heterocycles. The third-order valence-electron chi connectivity index (χ3n) is 7.83. The summed E-state index contributed by atoms with van der Waals surface area (Å²) in [6.07, 6.45) is 4.97. The highest BCUT2D eigenvalue weighted by Gasteiger charge is 2.32. The van der Waals surface area contributed by atoms with E-state index in [1.807, 2.05) is 6.92 Å². The highest BCUT2D eigenvalue weighted by molar-refractivity contribution is 5.90. The fourth-order valence-corrected chi connectivity index (χ4v) is 5.67. The molecule has 200 valence electrons. The van der Waals surface area contributed by atoms with E-state index in [9.17, 15) is 5.11 Å². The van der Waals surface area contributed by atoms with Gasteiger partial charge in [0.2, 0.25) is 0 Å². The van der Waals surface area contributed by atoms with Gasteiger partial charge in [0, 0.05) is 25.4 Å². The lowest BCUT2D eigenvalue weighted by atomic mass is 9.84. The molecular formula is C32H40N4O2. The van der Waals surface area contributed by atoms with Crippen LogP contribution in [0.5, 0.6) is 0 Å². The number of ether oxygens (including phenoxy) is 1. The number of nitrogens with zero attached hydrogens (tertiary/aromatic N) is 4. The number of rotatable bonds is 10. The van der Waals surface area contributed by atoms with Gasteiger partial charge in [0.25, 0.3) is 0 Å². The van der Waals surface area contributed by atoms with Crippen LogP contribution in [0.3, 0.4) is 0 Å². The standard InChI is InChI=1S/C32H40N4O2/c1-4-38-22-28-34-29-30(36(28)23-32(37)18-12-7-13-19-32)24(2)25(3)33-31(29)35(20-26-14-8-5-9-15-26)21-27-16-10-6-11-17-27/h5-6,8-11,14-17,37H,4,7,12-13,18-23H2,1-3H3. The van der Waals surface area contributed by atoms with Crippen LogP contribution in [0.1, 0.15) is 67.2 Å². The van der Waals surface area contributed by atoms with Crippen molar-refractivity contribution in [2.45, 2.75) is 84.7 Å². The van der Waals surface area contributed by atoms with Gasteiger partial charge < -0.3 is 19.3 Å². The van der Waals surface area contributed by atoms with Crippen molar-refractivity contribution < 1.29 is 9.84 Å². The Bertz CT molecular complexity index is 1300. The molecule has 2 heterocycles. The normalized spacial score (nSPS) is 15.2. The van der Waals surface area contributed by atoms with Gasteiger partial charge >= 0.3 is 0 Å². The van der Waals surface area contributed by atoms with Crippen LogP contribution in [-0.4, -0.2) is 31.8 Å². The molecule has 1 aliphatic rings. The first kappa shape index (κ1) is 26.4. The first-order valence-electron chi connectivity index (χ1n) is 14.0. The van der Waals surface area contributed by atoms with E-state index in [2.05, 4.69) is 84.0 Å². The number of anilines is 1. The summed E-state index contributed by atoms with van der Waals surface area (Å²) >= 11 is 0. The summed E-state index contributed by atoms with van der Waals surface area (Å²) < 4.78 is 8.10. The zero-order valence-electron chi connectivity index (χ0n) is 23.0. The Morgan fingerprint density at radius 3 is 2.08 bits per heavy atom. The molecule has 0 unspecified atom stereocenters. The summed E-state index contributed by atoms with van der Waals surface area (Å²) in [4.78, 5) is 12.6. The lowest BCUT2D eigenvalue weighted by molar-refractivity contribution is -0.0124. The molecule has 6 heteroatoms. The van der Waals surface area contributed by atoms with Gasteiger partial charge in [-0.05, 0) is 50.3 Å². The van der Waals surface area contributed by atoms with E-state index in [1.54, 1.807) is 0 Å². The predicted molar refractivity (Wildman–Crippen MR) is 153 cm³/mol. The third-order valence-corrected chi connectivity index (χ3v) is 7.83.